The van der Waals surface area contributed by atoms with E-state index in [1.165, 1.54) is 23.1 Å². The summed E-state index contributed by atoms with van der Waals surface area (Å²) < 4.78 is 24.3. The van der Waals surface area contributed by atoms with Gasteiger partial charge in [0.05, 0.1) is 16.8 Å². The van der Waals surface area contributed by atoms with E-state index in [4.69, 9.17) is 11.6 Å². The van der Waals surface area contributed by atoms with Crippen molar-refractivity contribution in [2.45, 2.75) is 0 Å². The lowest BCUT2D eigenvalue weighted by atomic mass is 10.2. The second kappa shape index (κ2) is 4.93. The van der Waals surface area contributed by atoms with Gasteiger partial charge in [-0.1, -0.05) is 11.6 Å². The molecule has 0 radical (unpaired) electrons. The number of hydrogen-bond acceptors (Lipinski definition) is 3. The molecule has 7 heteroatoms. The number of rotatable bonds is 3. The van der Waals surface area contributed by atoms with Gasteiger partial charge < -0.3 is 4.90 Å². The molecular weight excluding hydrogens is 264 g/mol. The van der Waals surface area contributed by atoms with Gasteiger partial charge in [-0.05, 0) is 18.2 Å². The summed E-state index contributed by atoms with van der Waals surface area (Å²) in [5.41, 5.74) is 0.656. The minimum absolute atomic E-state index is 0.206. The van der Waals surface area contributed by atoms with Crippen LogP contribution in [0, 0.1) is 0 Å². The van der Waals surface area contributed by atoms with Gasteiger partial charge >= 0.3 is 0 Å². The van der Waals surface area contributed by atoms with Crippen molar-refractivity contribution in [2.75, 3.05) is 25.1 Å². The van der Waals surface area contributed by atoms with Crippen LogP contribution in [0.5, 0.6) is 0 Å². The summed E-state index contributed by atoms with van der Waals surface area (Å²) in [5.74, 6) is -0.235. The predicted molar refractivity (Wildman–Crippen MR) is 67.9 cm³/mol. The zero-order valence-corrected chi connectivity index (χ0v) is 11.3. The molecule has 0 aromatic heterocycles. The van der Waals surface area contributed by atoms with Crippen molar-refractivity contribution in [2.24, 2.45) is 0 Å². The Kier molecular flexibility index (Phi) is 4.00. The summed E-state index contributed by atoms with van der Waals surface area (Å²) in [5, 5.41) is 0.206. The van der Waals surface area contributed by atoms with Crippen LogP contribution >= 0.6 is 11.6 Å². The van der Waals surface area contributed by atoms with Crippen molar-refractivity contribution in [1.29, 1.82) is 0 Å². The lowest BCUT2D eigenvalue weighted by Crippen LogP contribution is -2.22. The largest absolute Gasteiger partial charge is 0.345 e. The Morgan fingerprint density at radius 2 is 1.94 bits per heavy atom. The van der Waals surface area contributed by atoms with E-state index in [-0.39, 0.29) is 10.9 Å². The first kappa shape index (κ1) is 13.8. The first-order valence-electron chi connectivity index (χ1n) is 4.69. The quantitative estimate of drug-likeness (QED) is 0.908. The van der Waals surface area contributed by atoms with E-state index < -0.39 is 10.0 Å². The fourth-order valence-corrected chi connectivity index (χ4v) is 2.02. The number of nitrogens with zero attached hydrogens (tertiary/aromatic N) is 1. The molecule has 0 aliphatic rings. The third-order valence-corrected chi connectivity index (χ3v) is 2.83. The summed E-state index contributed by atoms with van der Waals surface area (Å²) >= 11 is 5.91. The Morgan fingerprint density at radius 3 is 2.35 bits per heavy atom. The molecule has 1 aromatic rings. The Balaban J connectivity index is 3.06. The molecular formula is C10H13ClN2O3S. The number of halogens is 1. The van der Waals surface area contributed by atoms with E-state index in [0.717, 1.165) is 6.26 Å². The minimum Gasteiger partial charge on any atom is -0.345 e. The summed E-state index contributed by atoms with van der Waals surface area (Å²) in [6.07, 6.45) is 1.04. The molecule has 0 heterocycles. The molecule has 1 rings (SSSR count). The number of hydrogen-bond donors (Lipinski definition) is 1. The zero-order chi connectivity index (χ0) is 13.2. The highest BCUT2D eigenvalue weighted by Crippen LogP contribution is 2.22. The van der Waals surface area contributed by atoms with Gasteiger partial charge in [0.1, 0.15) is 0 Å². The number of nitrogens with one attached hydrogen (secondary N) is 1. The van der Waals surface area contributed by atoms with Gasteiger partial charge in [-0.15, -0.1) is 0 Å². The number of sulfonamides is 1. The predicted octanol–water partition coefficient (Wildman–Crippen LogP) is 1.41. The Hall–Kier alpha value is -1.27. The van der Waals surface area contributed by atoms with Gasteiger partial charge in [0, 0.05) is 19.8 Å². The molecule has 0 atom stereocenters. The van der Waals surface area contributed by atoms with E-state index in [1.807, 2.05) is 0 Å². The molecule has 0 bridgehead atoms. The smallest absolute Gasteiger partial charge is 0.254 e. The number of carbonyl (C=O) groups excluding carboxylic acids is 1. The summed E-state index contributed by atoms with van der Waals surface area (Å²) in [4.78, 5) is 13.1. The fraction of sp³-hybridized carbons (Fsp3) is 0.300. The third-order valence-electron chi connectivity index (χ3n) is 1.91. The van der Waals surface area contributed by atoms with Crippen molar-refractivity contribution in [1.82, 2.24) is 4.90 Å². The van der Waals surface area contributed by atoms with Gasteiger partial charge in [0.15, 0.2) is 0 Å². The maximum Gasteiger partial charge on any atom is 0.254 e. The normalized spacial score (nSPS) is 11.1. The number of carbonyl (C=O) groups is 1. The average molecular weight is 277 g/mol. The van der Waals surface area contributed by atoms with Crippen LogP contribution in [0.1, 0.15) is 10.4 Å². The first-order valence-corrected chi connectivity index (χ1v) is 6.96. The van der Waals surface area contributed by atoms with Gasteiger partial charge in [-0.2, -0.15) is 0 Å². The Bertz CT molecular complexity index is 540. The zero-order valence-electron chi connectivity index (χ0n) is 9.69. The SMILES string of the molecule is CN(C)C(=O)c1ccc(NS(C)(=O)=O)cc1Cl. The summed E-state index contributed by atoms with van der Waals surface area (Å²) in [6.45, 7) is 0. The highest BCUT2D eigenvalue weighted by molar-refractivity contribution is 7.92. The molecule has 1 amide bonds. The second-order valence-electron chi connectivity index (χ2n) is 3.77. The molecule has 94 valence electrons. The molecule has 0 saturated carbocycles. The van der Waals surface area contributed by atoms with Crippen molar-refractivity contribution < 1.29 is 13.2 Å². The standard InChI is InChI=1S/C10H13ClN2O3S/c1-13(2)10(14)8-5-4-7(6-9(8)11)12-17(3,15)16/h4-6,12H,1-3H3. The molecule has 0 aliphatic heterocycles. The minimum atomic E-state index is -3.35. The molecule has 17 heavy (non-hydrogen) atoms. The van der Waals surface area contributed by atoms with Gasteiger partial charge in [0.25, 0.3) is 5.91 Å². The molecule has 1 aromatic carbocycles. The van der Waals surface area contributed by atoms with E-state index in [1.54, 1.807) is 14.1 Å². The Morgan fingerprint density at radius 1 is 1.35 bits per heavy atom. The van der Waals surface area contributed by atoms with E-state index >= 15 is 0 Å². The van der Waals surface area contributed by atoms with Crippen LogP contribution < -0.4 is 4.72 Å². The maximum absolute atomic E-state index is 11.7. The van der Waals surface area contributed by atoms with Crippen molar-refractivity contribution >= 4 is 33.2 Å². The summed E-state index contributed by atoms with van der Waals surface area (Å²) in [6, 6.07) is 4.38. The number of anilines is 1. The van der Waals surface area contributed by atoms with Crippen LogP contribution in [0.25, 0.3) is 0 Å². The first-order chi connectivity index (χ1) is 7.70. The second-order valence-corrected chi connectivity index (χ2v) is 5.92. The number of benzene rings is 1. The van der Waals surface area contributed by atoms with Crippen molar-refractivity contribution in [3.63, 3.8) is 0 Å². The maximum atomic E-state index is 11.7. The van der Waals surface area contributed by atoms with Crippen molar-refractivity contribution in [3.8, 4) is 0 Å². The van der Waals surface area contributed by atoms with E-state index in [9.17, 15) is 13.2 Å². The molecule has 1 N–H and O–H groups in total. The number of amides is 1. The van der Waals surface area contributed by atoms with Gasteiger partial charge in [0.2, 0.25) is 10.0 Å². The van der Waals surface area contributed by atoms with Gasteiger partial charge in [-0.25, -0.2) is 8.42 Å². The van der Waals surface area contributed by atoms with Crippen LogP contribution in [0.15, 0.2) is 18.2 Å². The lowest BCUT2D eigenvalue weighted by molar-refractivity contribution is 0.0828. The summed E-state index contributed by atoms with van der Waals surface area (Å²) in [7, 11) is -0.122. The van der Waals surface area contributed by atoms with Crippen LogP contribution in [0.2, 0.25) is 5.02 Å². The molecule has 0 unspecified atom stereocenters. The van der Waals surface area contributed by atoms with Crippen LogP contribution in [0.4, 0.5) is 5.69 Å². The molecule has 5 nitrogen and oxygen atoms in total. The molecule has 0 saturated heterocycles. The molecule has 0 spiro atoms. The topological polar surface area (TPSA) is 66.5 Å². The third kappa shape index (κ3) is 3.90. The van der Waals surface area contributed by atoms with E-state index in [0.29, 0.717) is 11.3 Å². The molecule has 0 fully saturated rings. The fourth-order valence-electron chi connectivity index (χ4n) is 1.21. The van der Waals surface area contributed by atoms with Crippen LogP contribution in [-0.4, -0.2) is 39.6 Å². The Labute approximate surface area is 105 Å². The van der Waals surface area contributed by atoms with E-state index in [2.05, 4.69) is 4.72 Å². The van der Waals surface area contributed by atoms with Crippen molar-refractivity contribution in [3.05, 3.63) is 28.8 Å². The highest BCUT2D eigenvalue weighted by atomic mass is 35.5. The van der Waals surface area contributed by atoms with Crippen LogP contribution in [0.3, 0.4) is 0 Å². The highest BCUT2D eigenvalue weighted by Gasteiger charge is 2.13. The lowest BCUT2D eigenvalue weighted by Gasteiger charge is -2.12. The molecule has 0 aliphatic carbocycles. The monoisotopic (exact) mass is 276 g/mol. The van der Waals surface area contributed by atoms with Gasteiger partial charge in [-0.3, -0.25) is 9.52 Å². The van der Waals surface area contributed by atoms with Crippen LogP contribution in [-0.2, 0) is 10.0 Å². The average Bonchev–Trinajstić information content (AvgIpc) is 2.14.